The van der Waals surface area contributed by atoms with Gasteiger partial charge in [-0.1, -0.05) is 25.1 Å². The first-order valence-corrected chi connectivity index (χ1v) is 8.03. The van der Waals surface area contributed by atoms with E-state index in [1.807, 2.05) is 0 Å². The molecule has 2 aliphatic heterocycles. The lowest BCUT2D eigenvalue weighted by Gasteiger charge is -2.32. The standard InChI is InChI=1S/C17H27N3/c1-3-15-13-19(2)9-6-10-20(15)12-14-11-18-17-8-5-4-7-16(14)17/h4-5,7-8,14-15,18H,3,6,9-13H2,1-2H3. The lowest BCUT2D eigenvalue weighted by Crippen LogP contribution is -2.42. The molecular weight excluding hydrogens is 246 g/mol. The molecule has 2 aliphatic rings. The van der Waals surface area contributed by atoms with E-state index in [1.54, 1.807) is 0 Å². The summed E-state index contributed by atoms with van der Waals surface area (Å²) in [5.41, 5.74) is 2.86. The molecule has 0 amide bonds. The lowest BCUT2D eigenvalue weighted by molar-refractivity contribution is 0.176. The number of anilines is 1. The second-order valence-electron chi connectivity index (χ2n) is 6.34. The van der Waals surface area contributed by atoms with Crippen LogP contribution in [0, 0.1) is 0 Å². The molecule has 0 aliphatic carbocycles. The second kappa shape index (κ2) is 6.15. The fourth-order valence-electron chi connectivity index (χ4n) is 3.72. The van der Waals surface area contributed by atoms with E-state index in [1.165, 1.54) is 50.3 Å². The maximum Gasteiger partial charge on any atom is 0.0376 e. The Balaban J connectivity index is 1.70. The Morgan fingerprint density at radius 2 is 2.10 bits per heavy atom. The SMILES string of the molecule is CCC1CN(C)CCCN1CC1CNc2ccccc21. The molecular formula is C17H27N3. The van der Waals surface area contributed by atoms with Gasteiger partial charge in [-0.3, -0.25) is 4.90 Å². The molecule has 0 radical (unpaired) electrons. The number of likely N-dealkylation sites (N-methyl/N-ethyl adjacent to an activating group) is 1. The van der Waals surface area contributed by atoms with E-state index >= 15 is 0 Å². The van der Waals surface area contributed by atoms with Gasteiger partial charge < -0.3 is 10.2 Å². The van der Waals surface area contributed by atoms with Gasteiger partial charge in [0.05, 0.1) is 0 Å². The summed E-state index contributed by atoms with van der Waals surface area (Å²) in [7, 11) is 2.26. The summed E-state index contributed by atoms with van der Waals surface area (Å²) in [5, 5.41) is 3.56. The average Bonchev–Trinajstić information content (AvgIpc) is 2.78. The summed E-state index contributed by atoms with van der Waals surface area (Å²) in [4.78, 5) is 5.23. The molecule has 1 N–H and O–H groups in total. The van der Waals surface area contributed by atoms with Crippen LogP contribution in [0.3, 0.4) is 0 Å². The summed E-state index contributed by atoms with van der Waals surface area (Å²) < 4.78 is 0. The Morgan fingerprint density at radius 3 is 2.95 bits per heavy atom. The van der Waals surface area contributed by atoms with E-state index in [2.05, 4.69) is 53.4 Å². The normalized spacial score (nSPS) is 27.9. The zero-order chi connectivity index (χ0) is 13.9. The predicted molar refractivity (Wildman–Crippen MR) is 85.4 cm³/mol. The van der Waals surface area contributed by atoms with Crippen molar-refractivity contribution < 1.29 is 0 Å². The molecule has 1 fully saturated rings. The Bertz CT molecular complexity index is 446. The summed E-state index contributed by atoms with van der Waals surface area (Å²) in [6.07, 6.45) is 2.56. The molecule has 1 saturated heterocycles. The fraction of sp³-hybridized carbons (Fsp3) is 0.647. The minimum absolute atomic E-state index is 0.656. The van der Waals surface area contributed by atoms with Gasteiger partial charge in [-0.15, -0.1) is 0 Å². The van der Waals surface area contributed by atoms with Crippen LogP contribution in [-0.4, -0.2) is 55.6 Å². The van der Waals surface area contributed by atoms with Gasteiger partial charge in [0.15, 0.2) is 0 Å². The van der Waals surface area contributed by atoms with Crippen molar-refractivity contribution in [2.75, 3.05) is 45.1 Å². The highest BCUT2D eigenvalue weighted by atomic mass is 15.2. The predicted octanol–water partition coefficient (Wildman–Crippen LogP) is 2.61. The van der Waals surface area contributed by atoms with Crippen LogP contribution in [-0.2, 0) is 0 Å². The van der Waals surface area contributed by atoms with Crippen molar-refractivity contribution in [2.45, 2.75) is 31.7 Å². The van der Waals surface area contributed by atoms with Crippen LogP contribution in [0.4, 0.5) is 5.69 Å². The molecule has 110 valence electrons. The lowest BCUT2D eigenvalue weighted by atomic mass is 9.99. The molecule has 1 aromatic rings. The van der Waals surface area contributed by atoms with E-state index in [-0.39, 0.29) is 0 Å². The average molecular weight is 273 g/mol. The Hall–Kier alpha value is -1.06. The molecule has 3 nitrogen and oxygen atoms in total. The van der Waals surface area contributed by atoms with Crippen LogP contribution < -0.4 is 5.32 Å². The van der Waals surface area contributed by atoms with Crippen LogP contribution in [0.5, 0.6) is 0 Å². The third kappa shape index (κ3) is 2.84. The highest BCUT2D eigenvalue weighted by Crippen LogP contribution is 2.32. The zero-order valence-electron chi connectivity index (χ0n) is 12.8. The van der Waals surface area contributed by atoms with Crippen molar-refractivity contribution in [2.24, 2.45) is 0 Å². The molecule has 3 rings (SSSR count). The van der Waals surface area contributed by atoms with Gasteiger partial charge in [-0.05, 0) is 44.6 Å². The minimum atomic E-state index is 0.656. The van der Waals surface area contributed by atoms with Crippen molar-refractivity contribution in [3.8, 4) is 0 Å². The molecule has 2 heterocycles. The van der Waals surface area contributed by atoms with Gasteiger partial charge in [0, 0.05) is 37.3 Å². The molecule has 0 bridgehead atoms. The Morgan fingerprint density at radius 1 is 1.25 bits per heavy atom. The molecule has 2 unspecified atom stereocenters. The van der Waals surface area contributed by atoms with E-state index < -0.39 is 0 Å². The van der Waals surface area contributed by atoms with Crippen molar-refractivity contribution in [3.05, 3.63) is 29.8 Å². The highest BCUT2D eigenvalue weighted by Gasteiger charge is 2.28. The van der Waals surface area contributed by atoms with Crippen molar-refractivity contribution >= 4 is 5.69 Å². The van der Waals surface area contributed by atoms with Gasteiger partial charge in [0.25, 0.3) is 0 Å². The number of nitrogens with one attached hydrogen (secondary N) is 1. The zero-order valence-corrected chi connectivity index (χ0v) is 12.8. The van der Waals surface area contributed by atoms with E-state index in [4.69, 9.17) is 0 Å². The van der Waals surface area contributed by atoms with Crippen LogP contribution in [0.15, 0.2) is 24.3 Å². The quantitative estimate of drug-likeness (QED) is 0.913. The van der Waals surface area contributed by atoms with Crippen LogP contribution in [0.1, 0.15) is 31.2 Å². The third-order valence-corrected chi connectivity index (χ3v) is 4.89. The number of benzene rings is 1. The van der Waals surface area contributed by atoms with Crippen LogP contribution in [0.2, 0.25) is 0 Å². The molecule has 0 aromatic heterocycles. The van der Waals surface area contributed by atoms with E-state index in [9.17, 15) is 0 Å². The number of hydrogen-bond donors (Lipinski definition) is 1. The fourth-order valence-corrected chi connectivity index (χ4v) is 3.72. The maximum atomic E-state index is 3.56. The van der Waals surface area contributed by atoms with Crippen molar-refractivity contribution in [1.29, 1.82) is 0 Å². The summed E-state index contributed by atoms with van der Waals surface area (Å²) in [6, 6.07) is 9.53. The molecule has 3 heteroatoms. The van der Waals surface area contributed by atoms with Crippen molar-refractivity contribution in [3.63, 3.8) is 0 Å². The first-order valence-electron chi connectivity index (χ1n) is 8.03. The molecule has 20 heavy (non-hydrogen) atoms. The van der Waals surface area contributed by atoms with E-state index in [0.29, 0.717) is 5.92 Å². The maximum absolute atomic E-state index is 3.56. The number of fused-ring (bicyclic) bond motifs is 1. The Labute approximate surface area is 123 Å². The summed E-state index contributed by atoms with van der Waals surface area (Å²) in [5.74, 6) is 0.656. The van der Waals surface area contributed by atoms with Crippen LogP contribution >= 0.6 is 0 Å². The molecule has 0 spiro atoms. The minimum Gasteiger partial charge on any atom is -0.384 e. The van der Waals surface area contributed by atoms with Crippen LogP contribution in [0.25, 0.3) is 0 Å². The molecule has 0 saturated carbocycles. The monoisotopic (exact) mass is 273 g/mol. The van der Waals surface area contributed by atoms with Gasteiger partial charge in [-0.25, -0.2) is 0 Å². The number of hydrogen-bond acceptors (Lipinski definition) is 3. The topological polar surface area (TPSA) is 18.5 Å². The molecule has 2 atom stereocenters. The van der Waals surface area contributed by atoms with E-state index in [0.717, 1.165) is 12.6 Å². The summed E-state index contributed by atoms with van der Waals surface area (Å²) in [6.45, 7) is 8.35. The second-order valence-corrected chi connectivity index (χ2v) is 6.34. The highest BCUT2D eigenvalue weighted by molar-refractivity contribution is 5.57. The van der Waals surface area contributed by atoms with Gasteiger partial charge in [0.1, 0.15) is 0 Å². The number of rotatable bonds is 3. The number of nitrogens with zero attached hydrogens (tertiary/aromatic N) is 2. The molecule has 1 aromatic carbocycles. The Kier molecular flexibility index (Phi) is 4.27. The smallest absolute Gasteiger partial charge is 0.0376 e. The van der Waals surface area contributed by atoms with Gasteiger partial charge in [0.2, 0.25) is 0 Å². The first-order chi connectivity index (χ1) is 9.78. The van der Waals surface area contributed by atoms with Crippen molar-refractivity contribution in [1.82, 2.24) is 9.80 Å². The van der Waals surface area contributed by atoms with Gasteiger partial charge in [-0.2, -0.15) is 0 Å². The first kappa shape index (κ1) is 13.9. The van der Waals surface area contributed by atoms with Gasteiger partial charge >= 0.3 is 0 Å². The summed E-state index contributed by atoms with van der Waals surface area (Å²) >= 11 is 0. The third-order valence-electron chi connectivity index (χ3n) is 4.89. The largest absolute Gasteiger partial charge is 0.384 e. The number of para-hydroxylation sites is 1.